The lowest BCUT2D eigenvalue weighted by Crippen LogP contribution is -2.26. The molecule has 0 aliphatic carbocycles. The number of aromatic nitrogens is 1. The summed E-state index contributed by atoms with van der Waals surface area (Å²) in [5.74, 6) is 0.633. The number of hydrogen-bond donors (Lipinski definition) is 1. The zero-order valence-electron chi connectivity index (χ0n) is 8.37. The van der Waals surface area contributed by atoms with Gasteiger partial charge in [0.05, 0.1) is 5.01 Å². The quantitative estimate of drug-likeness (QED) is 0.745. The van der Waals surface area contributed by atoms with Crippen molar-refractivity contribution in [3.8, 4) is 0 Å². The lowest BCUT2D eigenvalue weighted by molar-refractivity contribution is 0.573. The highest BCUT2D eigenvalue weighted by molar-refractivity contribution is 7.09. The van der Waals surface area contributed by atoms with Crippen LogP contribution in [0.2, 0.25) is 0 Å². The molecule has 3 heteroatoms. The maximum atomic E-state index is 4.56. The Kier molecular flexibility index (Phi) is 2.39. The first-order chi connectivity index (χ1) is 6.16. The Morgan fingerprint density at radius 2 is 2.31 bits per heavy atom. The van der Waals surface area contributed by atoms with Crippen molar-refractivity contribution in [2.45, 2.75) is 45.2 Å². The summed E-state index contributed by atoms with van der Waals surface area (Å²) < 4.78 is 0. The van der Waals surface area contributed by atoms with Gasteiger partial charge < -0.3 is 5.32 Å². The maximum Gasteiger partial charge on any atom is 0.0975 e. The molecule has 2 nitrogen and oxygen atoms in total. The molecule has 1 aliphatic heterocycles. The minimum Gasteiger partial charge on any atom is -0.311 e. The molecule has 72 valence electrons. The van der Waals surface area contributed by atoms with E-state index >= 15 is 0 Å². The Hall–Kier alpha value is -0.410. The third-order valence-corrected chi connectivity index (χ3v) is 3.81. The summed E-state index contributed by atoms with van der Waals surface area (Å²) >= 11 is 1.80. The van der Waals surface area contributed by atoms with Gasteiger partial charge in [-0.1, -0.05) is 0 Å². The van der Waals surface area contributed by atoms with Crippen LogP contribution in [0, 0.1) is 6.92 Å². The molecule has 1 aromatic heterocycles. The first-order valence-corrected chi connectivity index (χ1v) is 5.73. The van der Waals surface area contributed by atoms with E-state index in [1.807, 2.05) is 0 Å². The number of aryl methyl sites for hydroxylation is 1. The van der Waals surface area contributed by atoms with Gasteiger partial charge in [-0.15, -0.1) is 11.3 Å². The lowest BCUT2D eigenvalue weighted by Gasteiger charge is -2.10. The van der Waals surface area contributed by atoms with Crippen LogP contribution in [0.25, 0.3) is 0 Å². The molecule has 0 aromatic carbocycles. The van der Waals surface area contributed by atoms with Crippen molar-refractivity contribution in [3.05, 3.63) is 16.1 Å². The Morgan fingerprint density at radius 3 is 2.77 bits per heavy atom. The molecule has 0 bridgehead atoms. The van der Waals surface area contributed by atoms with Gasteiger partial charge in [-0.05, 0) is 27.2 Å². The molecular weight excluding hydrogens is 180 g/mol. The van der Waals surface area contributed by atoms with Gasteiger partial charge in [0.15, 0.2) is 0 Å². The molecule has 0 spiro atoms. The van der Waals surface area contributed by atoms with E-state index < -0.39 is 0 Å². The SMILES string of the molecule is Cc1csc(C2CC(C)NC2C)n1. The number of hydrogen-bond acceptors (Lipinski definition) is 3. The zero-order valence-corrected chi connectivity index (χ0v) is 9.19. The summed E-state index contributed by atoms with van der Waals surface area (Å²) in [5, 5.41) is 6.99. The predicted molar refractivity (Wildman–Crippen MR) is 56.3 cm³/mol. The summed E-state index contributed by atoms with van der Waals surface area (Å²) in [7, 11) is 0. The van der Waals surface area contributed by atoms with Gasteiger partial charge >= 0.3 is 0 Å². The molecule has 2 heterocycles. The van der Waals surface area contributed by atoms with E-state index in [4.69, 9.17) is 0 Å². The van der Waals surface area contributed by atoms with Crippen LogP contribution in [0.5, 0.6) is 0 Å². The summed E-state index contributed by atoms with van der Waals surface area (Å²) in [5.41, 5.74) is 1.16. The molecular formula is C10H16N2S. The third kappa shape index (κ3) is 1.76. The van der Waals surface area contributed by atoms with Crippen molar-refractivity contribution in [1.29, 1.82) is 0 Å². The summed E-state index contributed by atoms with van der Waals surface area (Å²) in [6, 6.07) is 1.23. The lowest BCUT2D eigenvalue weighted by atomic mass is 10.0. The fraction of sp³-hybridized carbons (Fsp3) is 0.700. The van der Waals surface area contributed by atoms with Gasteiger partial charge in [0.2, 0.25) is 0 Å². The average Bonchev–Trinajstić information content (AvgIpc) is 2.58. The molecule has 0 saturated carbocycles. The Bertz CT molecular complexity index is 295. The van der Waals surface area contributed by atoms with Crippen LogP contribution in [0.15, 0.2) is 5.38 Å². The van der Waals surface area contributed by atoms with Crippen molar-refractivity contribution in [1.82, 2.24) is 10.3 Å². The molecule has 3 unspecified atom stereocenters. The van der Waals surface area contributed by atoms with E-state index in [1.165, 1.54) is 11.4 Å². The fourth-order valence-electron chi connectivity index (χ4n) is 2.08. The second kappa shape index (κ2) is 3.39. The standard InChI is InChI=1S/C10H16N2S/c1-6-4-9(8(3)11-6)10-12-7(2)5-13-10/h5-6,8-9,11H,4H2,1-3H3. The molecule has 1 aromatic rings. The summed E-state index contributed by atoms with van der Waals surface area (Å²) in [6.45, 7) is 6.57. The number of nitrogens with zero attached hydrogens (tertiary/aromatic N) is 1. The molecule has 2 rings (SSSR count). The Balaban J connectivity index is 2.17. The fourth-order valence-corrected chi connectivity index (χ4v) is 3.09. The van der Waals surface area contributed by atoms with Crippen molar-refractivity contribution in [3.63, 3.8) is 0 Å². The highest BCUT2D eigenvalue weighted by atomic mass is 32.1. The van der Waals surface area contributed by atoms with Crippen LogP contribution in [0.1, 0.15) is 36.9 Å². The van der Waals surface area contributed by atoms with Gasteiger partial charge in [-0.3, -0.25) is 0 Å². The summed E-state index contributed by atoms with van der Waals surface area (Å²) in [6.07, 6.45) is 1.23. The van der Waals surface area contributed by atoms with Crippen molar-refractivity contribution in [2.75, 3.05) is 0 Å². The van der Waals surface area contributed by atoms with Crippen LogP contribution >= 0.6 is 11.3 Å². The van der Waals surface area contributed by atoms with Crippen LogP contribution in [-0.4, -0.2) is 17.1 Å². The zero-order chi connectivity index (χ0) is 9.42. The normalized spacial score (nSPS) is 33.9. The second-order valence-electron chi connectivity index (χ2n) is 4.03. The number of thiazole rings is 1. The Morgan fingerprint density at radius 1 is 1.54 bits per heavy atom. The first-order valence-electron chi connectivity index (χ1n) is 4.85. The van der Waals surface area contributed by atoms with E-state index in [0.29, 0.717) is 18.0 Å². The largest absolute Gasteiger partial charge is 0.311 e. The molecule has 1 fully saturated rings. The minimum absolute atomic E-state index is 0.584. The smallest absolute Gasteiger partial charge is 0.0975 e. The molecule has 0 amide bonds. The average molecular weight is 196 g/mol. The topological polar surface area (TPSA) is 24.9 Å². The highest BCUT2D eigenvalue weighted by Crippen LogP contribution is 2.32. The van der Waals surface area contributed by atoms with Crippen LogP contribution in [0.4, 0.5) is 0 Å². The highest BCUT2D eigenvalue weighted by Gasteiger charge is 2.30. The minimum atomic E-state index is 0.584. The molecule has 1 saturated heterocycles. The van der Waals surface area contributed by atoms with Crippen molar-refractivity contribution >= 4 is 11.3 Å². The molecule has 1 aliphatic rings. The maximum absolute atomic E-state index is 4.56. The van der Waals surface area contributed by atoms with E-state index in [-0.39, 0.29) is 0 Å². The van der Waals surface area contributed by atoms with E-state index in [1.54, 1.807) is 11.3 Å². The van der Waals surface area contributed by atoms with E-state index in [0.717, 1.165) is 5.69 Å². The van der Waals surface area contributed by atoms with Crippen LogP contribution in [0.3, 0.4) is 0 Å². The van der Waals surface area contributed by atoms with E-state index in [9.17, 15) is 0 Å². The molecule has 13 heavy (non-hydrogen) atoms. The number of rotatable bonds is 1. The second-order valence-corrected chi connectivity index (χ2v) is 4.92. The third-order valence-electron chi connectivity index (χ3n) is 2.71. The van der Waals surface area contributed by atoms with Crippen LogP contribution < -0.4 is 5.32 Å². The molecule has 3 atom stereocenters. The van der Waals surface area contributed by atoms with Crippen LogP contribution in [-0.2, 0) is 0 Å². The van der Waals surface area contributed by atoms with Gasteiger partial charge in [-0.2, -0.15) is 0 Å². The van der Waals surface area contributed by atoms with Gasteiger partial charge in [-0.25, -0.2) is 4.98 Å². The molecule has 1 N–H and O–H groups in total. The van der Waals surface area contributed by atoms with Crippen molar-refractivity contribution in [2.24, 2.45) is 0 Å². The van der Waals surface area contributed by atoms with Gasteiger partial charge in [0.1, 0.15) is 0 Å². The monoisotopic (exact) mass is 196 g/mol. The Labute approximate surface area is 83.4 Å². The van der Waals surface area contributed by atoms with Gasteiger partial charge in [0.25, 0.3) is 0 Å². The summed E-state index contributed by atoms with van der Waals surface area (Å²) in [4.78, 5) is 4.56. The molecule has 0 radical (unpaired) electrons. The van der Waals surface area contributed by atoms with Crippen molar-refractivity contribution < 1.29 is 0 Å². The first kappa shape index (κ1) is 9.16. The van der Waals surface area contributed by atoms with E-state index in [2.05, 4.69) is 36.5 Å². The van der Waals surface area contributed by atoms with Gasteiger partial charge in [0, 0.05) is 29.1 Å². The number of nitrogens with one attached hydrogen (secondary N) is 1. The predicted octanol–water partition coefficient (Wildman–Crippen LogP) is 2.31.